The van der Waals surface area contributed by atoms with Gasteiger partial charge in [0.05, 0.1) is 16.7 Å². The van der Waals surface area contributed by atoms with Crippen molar-refractivity contribution in [3.05, 3.63) is 69.7 Å². The van der Waals surface area contributed by atoms with Gasteiger partial charge in [-0.1, -0.05) is 41.4 Å². The lowest BCUT2D eigenvalue weighted by molar-refractivity contribution is -0.139. The standard InChI is InChI=1S/C27H30Cl2N4O4/c1-30-13-15-32(16-14-30)26(36)23-18-37-27(33(23)25(35)19-5-3-2-4-6-19)9-11-31(12-10-27)24(34)20-7-8-21(28)22(29)17-20/h2-8,17,23H,9-16,18H2,1H3. The largest absolute Gasteiger partial charge is 0.353 e. The molecule has 196 valence electrons. The number of carbonyl (C=O) groups excluding carboxylic acids is 3. The number of carbonyl (C=O) groups is 3. The van der Waals surface area contributed by atoms with Crippen molar-refractivity contribution in [2.45, 2.75) is 24.6 Å². The molecule has 3 saturated heterocycles. The number of ether oxygens (including phenoxy) is 1. The van der Waals surface area contributed by atoms with Crippen molar-refractivity contribution in [1.82, 2.24) is 19.6 Å². The van der Waals surface area contributed by atoms with E-state index in [4.69, 9.17) is 27.9 Å². The zero-order valence-corrected chi connectivity index (χ0v) is 22.2. The summed E-state index contributed by atoms with van der Waals surface area (Å²) < 4.78 is 6.32. The van der Waals surface area contributed by atoms with E-state index < -0.39 is 11.8 Å². The Morgan fingerprint density at radius 2 is 1.49 bits per heavy atom. The lowest BCUT2D eigenvalue weighted by Crippen LogP contribution is -2.61. The van der Waals surface area contributed by atoms with Crippen LogP contribution in [0.1, 0.15) is 33.6 Å². The fourth-order valence-electron chi connectivity index (χ4n) is 5.38. The third-order valence-corrected chi connectivity index (χ3v) is 8.34. The second-order valence-corrected chi connectivity index (χ2v) is 10.7. The maximum atomic E-state index is 13.8. The first kappa shape index (κ1) is 26.0. The summed E-state index contributed by atoms with van der Waals surface area (Å²) in [7, 11) is 2.04. The molecule has 8 nitrogen and oxygen atoms in total. The average molecular weight is 545 g/mol. The molecule has 0 radical (unpaired) electrons. The molecule has 3 fully saturated rings. The Morgan fingerprint density at radius 1 is 0.811 bits per heavy atom. The number of likely N-dealkylation sites (tertiary alicyclic amines) is 1. The number of benzene rings is 2. The summed E-state index contributed by atoms with van der Waals surface area (Å²) in [6.07, 6.45) is 0.816. The zero-order valence-electron chi connectivity index (χ0n) is 20.7. The normalized spacial score (nSPS) is 21.9. The molecule has 3 heterocycles. The number of piperidine rings is 1. The van der Waals surface area contributed by atoms with Gasteiger partial charge in [-0.25, -0.2) is 0 Å². The van der Waals surface area contributed by atoms with Crippen LogP contribution in [0.15, 0.2) is 48.5 Å². The Hall–Kier alpha value is -2.65. The van der Waals surface area contributed by atoms with Crippen molar-refractivity contribution >= 4 is 40.9 Å². The summed E-state index contributed by atoms with van der Waals surface area (Å²) in [4.78, 5) is 48.0. The molecule has 37 heavy (non-hydrogen) atoms. The Labute approximate surface area is 226 Å². The van der Waals surface area contributed by atoms with Crippen LogP contribution in [0.5, 0.6) is 0 Å². The number of halogens is 2. The van der Waals surface area contributed by atoms with Gasteiger partial charge in [0.1, 0.15) is 11.8 Å². The molecule has 1 spiro atoms. The first-order chi connectivity index (χ1) is 17.8. The third-order valence-electron chi connectivity index (χ3n) is 7.60. The number of hydrogen-bond donors (Lipinski definition) is 0. The van der Waals surface area contributed by atoms with E-state index in [2.05, 4.69) is 4.90 Å². The second kappa shape index (κ2) is 10.6. The second-order valence-electron chi connectivity index (χ2n) is 9.86. The van der Waals surface area contributed by atoms with E-state index in [1.165, 1.54) is 0 Å². The van der Waals surface area contributed by atoms with E-state index in [9.17, 15) is 14.4 Å². The number of piperazine rings is 1. The molecule has 0 aromatic heterocycles. The molecule has 5 rings (SSSR count). The van der Waals surface area contributed by atoms with Crippen molar-refractivity contribution in [2.75, 3.05) is 52.9 Å². The van der Waals surface area contributed by atoms with Crippen LogP contribution in [0.4, 0.5) is 0 Å². The lowest BCUT2D eigenvalue weighted by Gasteiger charge is -2.45. The van der Waals surface area contributed by atoms with Crippen LogP contribution < -0.4 is 0 Å². The summed E-state index contributed by atoms with van der Waals surface area (Å²) in [5, 5.41) is 0.714. The highest BCUT2D eigenvalue weighted by molar-refractivity contribution is 6.42. The molecular formula is C27H30Cl2N4O4. The lowest BCUT2D eigenvalue weighted by atomic mass is 9.96. The molecular weight excluding hydrogens is 515 g/mol. The molecule has 2 aromatic rings. The van der Waals surface area contributed by atoms with Crippen molar-refractivity contribution in [3.63, 3.8) is 0 Å². The number of rotatable bonds is 3. The highest BCUT2D eigenvalue weighted by Gasteiger charge is 2.55. The van der Waals surface area contributed by atoms with Crippen LogP contribution in [-0.2, 0) is 9.53 Å². The maximum Gasteiger partial charge on any atom is 0.256 e. The van der Waals surface area contributed by atoms with Gasteiger partial charge in [-0.05, 0) is 37.4 Å². The molecule has 0 saturated carbocycles. The van der Waals surface area contributed by atoms with Crippen molar-refractivity contribution < 1.29 is 19.1 Å². The Morgan fingerprint density at radius 3 is 2.14 bits per heavy atom. The van der Waals surface area contributed by atoms with Gasteiger partial charge >= 0.3 is 0 Å². The fourth-order valence-corrected chi connectivity index (χ4v) is 5.68. The van der Waals surface area contributed by atoms with Gasteiger partial charge in [-0.15, -0.1) is 0 Å². The highest BCUT2D eigenvalue weighted by Crippen LogP contribution is 2.39. The topological polar surface area (TPSA) is 73.4 Å². The van der Waals surface area contributed by atoms with E-state index in [0.717, 1.165) is 13.1 Å². The number of likely N-dealkylation sites (N-methyl/N-ethyl adjacent to an activating group) is 1. The monoisotopic (exact) mass is 544 g/mol. The molecule has 0 N–H and O–H groups in total. The fraction of sp³-hybridized carbons (Fsp3) is 0.444. The first-order valence-electron chi connectivity index (χ1n) is 12.5. The van der Waals surface area contributed by atoms with E-state index in [1.54, 1.807) is 40.1 Å². The van der Waals surface area contributed by atoms with Gasteiger partial charge in [0, 0.05) is 63.2 Å². The maximum absolute atomic E-state index is 13.8. The molecule has 3 amide bonds. The minimum absolute atomic E-state index is 0.0800. The smallest absolute Gasteiger partial charge is 0.256 e. The Balaban J connectivity index is 1.37. The molecule has 10 heteroatoms. The van der Waals surface area contributed by atoms with Gasteiger partial charge in [0.15, 0.2) is 0 Å². The molecule has 1 atom stereocenters. The molecule has 0 aliphatic carbocycles. The summed E-state index contributed by atoms with van der Waals surface area (Å²) >= 11 is 12.1. The minimum atomic E-state index is -0.950. The molecule has 3 aliphatic rings. The molecule has 1 unspecified atom stereocenters. The molecule has 0 bridgehead atoms. The molecule has 3 aliphatic heterocycles. The quantitative estimate of drug-likeness (QED) is 0.593. The SMILES string of the molecule is CN1CCN(C(=O)C2COC3(CCN(C(=O)c4ccc(Cl)c(Cl)c4)CC3)N2C(=O)c2ccccc2)CC1. The third kappa shape index (κ3) is 5.08. The van der Waals surface area contributed by atoms with Crippen molar-refractivity contribution in [3.8, 4) is 0 Å². The predicted octanol–water partition coefficient (Wildman–Crippen LogP) is 3.24. The summed E-state index contributed by atoms with van der Waals surface area (Å²) in [6.45, 7) is 3.74. The van der Waals surface area contributed by atoms with Gasteiger partial charge in [0.2, 0.25) is 5.91 Å². The van der Waals surface area contributed by atoms with Gasteiger partial charge in [-0.3, -0.25) is 19.3 Å². The van der Waals surface area contributed by atoms with E-state index >= 15 is 0 Å². The number of hydrogen-bond acceptors (Lipinski definition) is 5. The highest BCUT2D eigenvalue weighted by atomic mass is 35.5. The first-order valence-corrected chi connectivity index (χ1v) is 13.3. The van der Waals surface area contributed by atoms with Crippen LogP contribution in [0.3, 0.4) is 0 Å². The van der Waals surface area contributed by atoms with Crippen LogP contribution in [-0.4, -0.2) is 102 Å². The zero-order chi connectivity index (χ0) is 26.2. The van der Waals surface area contributed by atoms with E-state index in [0.29, 0.717) is 60.2 Å². The predicted molar refractivity (Wildman–Crippen MR) is 141 cm³/mol. The van der Waals surface area contributed by atoms with Crippen molar-refractivity contribution in [2.24, 2.45) is 0 Å². The number of amides is 3. The minimum Gasteiger partial charge on any atom is -0.353 e. The van der Waals surface area contributed by atoms with Gasteiger partial charge in [0.25, 0.3) is 11.8 Å². The Kier molecular flexibility index (Phi) is 7.45. The van der Waals surface area contributed by atoms with Gasteiger partial charge in [-0.2, -0.15) is 0 Å². The van der Waals surface area contributed by atoms with Crippen molar-refractivity contribution in [1.29, 1.82) is 0 Å². The van der Waals surface area contributed by atoms with E-state index in [-0.39, 0.29) is 24.3 Å². The van der Waals surface area contributed by atoms with Crippen LogP contribution in [0.2, 0.25) is 10.0 Å². The van der Waals surface area contributed by atoms with Crippen LogP contribution >= 0.6 is 23.2 Å². The summed E-state index contributed by atoms with van der Waals surface area (Å²) in [5.74, 6) is -0.462. The van der Waals surface area contributed by atoms with E-state index in [1.807, 2.05) is 30.1 Å². The average Bonchev–Trinajstić information content (AvgIpc) is 3.28. The van der Waals surface area contributed by atoms with Crippen LogP contribution in [0, 0.1) is 0 Å². The van der Waals surface area contributed by atoms with Crippen LogP contribution in [0.25, 0.3) is 0 Å². The van der Waals surface area contributed by atoms with Gasteiger partial charge < -0.3 is 19.4 Å². The Bertz CT molecular complexity index is 1180. The summed E-state index contributed by atoms with van der Waals surface area (Å²) in [5.41, 5.74) is 0.0183. The molecule has 2 aromatic carbocycles. The number of nitrogens with zero attached hydrogens (tertiary/aromatic N) is 4. The summed E-state index contributed by atoms with van der Waals surface area (Å²) in [6, 6.07) is 13.1.